The number of aromatic amines is 1. The summed E-state index contributed by atoms with van der Waals surface area (Å²) in [5, 5.41) is 11.3. The Kier molecular flexibility index (Phi) is 9.77. The molecule has 3 fully saturated rings. The zero-order valence-electron chi connectivity index (χ0n) is 29.1. The fraction of sp³-hybridized carbons (Fsp3) is 0.568. The summed E-state index contributed by atoms with van der Waals surface area (Å²) >= 11 is 0. The van der Waals surface area contributed by atoms with Gasteiger partial charge in [-0.05, 0) is 74.9 Å². The maximum atomic E-state index is 14.3. The summed E-state index contributed by atoms with van der Waals surface area (Å²) in [7, 11) is 2.17. The van der Waals surface area contributed by atoms with Gasteiger partial charge >= 0.3 is 12.1 Å². The molecule has 5 heterocycles. The number of piperidine rings is 2. The van der Waals surface area contributed by atoms with Gasteiger partial charge in [0, 0.05) is 88.0 Å². The van der Waals surface area contributed by atoms with E-state index in [9.17, 15) is 14.4 Å². The second kappa shape index (κ2) is 14.4. The molecule has 12 heteroatoms. The van der Waals surface area contributed by atoms with Crippen LogP contribution in [0.1, 0.15) is 55.2 Å². The highest BCUT2D eigenvalue weighted by molar-refractivity contribution is 5.91. The molecule has 1 unspecified atom stereocenters. The van der Waals surface area contributed by atoms with Crippen LogP contribution in [0.15, 0.2) is 42.6 Å². The lowest BCUT2D eigenvalue weighted by Crippen LogP contribution is -2.55. The van der Waals surface area contributed by atoms with Crippen LogP contribution < -0.4 is 5.32 Å². The molecule has 3 aromatic rings. The number of hydrogen-bond acceptors (Lipinski definition) is 7. The molecule has 262 valence electrons. The second-order valence-corrected chi connectivity index (χ2v) is 14.4. The summed E-state index contributed by atoms with van der Waals surface area (Å²) in [6, 6.07) is 12.5. The quantitative estimate of drug-likeness (QED) is 0.403. The molecule has 2 atom stereocenters. The SMILES string of the molecule is Cc1cc([C@@H](C)C(OC(=O)N2CCC(N3CCc4ccccc4NC3=O)CC2)C(=O)N2CCC(N3CCN(C)CC3)CC2)cc2cn[nH]c12. The van der Waals surface area contributed by atoms with Crippen LogP contribution in [0.3, 0.4) is 0 Å². The van der Waals surface area contributed by atoms with E-state index in [1.807, 2.05) is 47.9 Å². The molecular formula is C37H50N8O4. The van der Waals surface area contributed by atoms with Gasteiger partial charge in [0.25, 0.3) is 5.91 Å². The number of anilines is 1. The third kappa shape index (κ3) is 7.12. The number of carbonyl (C=O) groups excluding carboxylic acids is 3. The molecule has 49 heavy (non-hydrogen) atoms. The molecule has 3 saturated heterocycles. The van der Waals surface area contributed by atoms with Crippen LogP contribution in [0.4, 0.5) is 15.3 Å². The summed E-state index contributed by atoms with van der Waals surface area (Å²) in [6.45, 7) is 11.2. The van der Waals surface area contributed by atoms with Gasteiger partial charge < -0.3 is 29.7 Å². The van der Waals surface area contributed by atoms with Crippen LogP contribution in [0, 0.1) is 6.92 Å². The molecule has 4 aliphatic rings. The van der Waals surface area contributed by atoms with Crippen molar-refractivity contribution >= 4 is 34.6 Å². The van der Waals surface area contributed by atoms with Gasteiger partial charge in [-0.25, -0.2) is 9.59 Å². The Morgan fingerprint density at radius 2 is 1.59 bits per heavy atom. The maximum absolute atomic E-state index is 14.3. The van der Waals surface area contributed by atoms with Gasteiger partial charge in [-0.3, -0.25) is 14.8 Å². The molecule has 4 amide bonds. The van der Waals surface area contributed by atoms with Gasteiger partial charge in [-0.1, -0.05) is 31.2 Å². The highest BCUT2D eigenvalue weighted by Gasteiger charge is 2.39. The Bertz CT molecular complexity index is 1650. The highest BCUT2D eigenvalue weighted by atomic mass is 16.6. The number of benzene rings is 2. The lowest BCUT2D eigenvalue weighted by molar-refractivity contribution is -0.143. The van der Waals surface area contributed by atoms with Gasteiger partial charge in [-0.15, -0.1) is 0 Å². The van der Waals surface area contributed by atoms with Crippen LogP contribution in [0.2, 0.25) is 0 Å². The Labute approximate surface area is 288 Å². The number of hydrogen-bond donors (Lipinski definition) is 2. The van der Waals surface area contributed by atoms with Crippen LogP contribution >= 0.6 is 0 Å². The molecule has 12 nitrogen and oxygen atoms in total. The van der Waals surface area contributed by atoms with Crippen molar-refractivity contribution in [1.82, 2.24) is 34.7 Å². The molecule has 4 aliphatic heterocycles. The normalized spacial score (nSPS) is 21.6. The molecule has 0 bridgehead atoms. The monoisotopic (exact) mass is 670 g/mol. The van der Waals surface area contributed by atoms with Crippen LogP contribution in [0.25, 0.3) is 10.9 Å². The number of fused-ring (bicyclic) bond motifs is 2. The second-order valence-electron chi connectivity index (χ2n) is 14.4. The first-order chi connectivity index (χ1) is 23.7. The van der Waals surface area contributed by atoms with E-state index in [0.717, 1.165) is 78.7 Å². The molecule has 2 aromatic carbocycles. The molecule has 0 saturated carbocycles. The predicted octanol–water partition coefficient (Wildman–Crippen LogP) is 4.27. The number of rotatable bonds is 6. The number of urea groups is 1. The molecule has 2 N–H and O–H groups in total. The van der Waals surface area contributed by atoms with Crippen LogP contribution in [-0.4, -0.2) is 137 Å². The number of amides is 4. The van der Waals surface area contributed by atoms with Crippen molar-refractivity contribution in [3.63, 3.8) is 0 Å². The third-order valence-electron chi connectivity index (χ3n) is 11.4. The minimum absolute atomic E-state index is 0.0287. The predicted molar refractivity (Wildman–Crippen MR) is 189 cm³/mol. The number of carbonyl (C=O) groups is 3. The fourth-order valence-electron chi connectivity index (χ4n) is 8.17. The van der Waals surface area contributed by atoms with E-state index in [1.54, 1.807) is 11.1 Å². The zero-order chi connectivity index (χ0) is 34.1. The van der Waals surface area contributed by atoms with Gasteiger partial charge in [0.15, 0.2) is 6.10 Å². The summed E-state index contributed by atoms with van der Waals surface area (Å²) < 4.78 is 6.24. The minimum Gasteiger partial charge on any atom is -0.435 e. The summed E-state index contributed by atoms with van der Waals surface area (Å²) in [5.41, 5.74) is 4.94. The summed E-state index contributed by atoms with van der Waals surface area (Å²) in [6.07, 6.45) is 4.31. The fourth-order valence-corrected chi connectivity index (χ4v) is 8.17. The Hall–Kier alpha value is -4.16. The number of nitrogens with one attached hydrogen (secondary N) is 2. The topological polar surface area (TPSA) is 117 Å². The number of aryl methyl sites for hydroxylation is 1. The number of nitrogens with zero attached hydrogens (tertiary/aromatic N) is 6. The lowest BCUT2D eigenvalue weighted by atomic mass is 9.91. The molecule has 7 rings (SSSR count). The van der Waals surface area contributed by atoms with Gasteiger partial charge in [0.05, 0.1) is 11.7 Å². The average Bonchev–Trinajstić information content (AvgIpc) is 3.54. The Morgan fingerprint density at radius 3 is 2.35 bits per heavy atom. The number of likely N-dealkylation sites (tertiary alicyclic amines) is 2. The molecule has 0 aliphatic carbocycles. The van der Waals surface area contributed by atoms with E-state index in [0.29, 0.717) is 51.6 Å². The minimum atomic E-state index is -0.955. The number of likely N-dealkylation sites (N-methyl/N-ethyl adjacent to an activating group) is 1. The van der Waals surface area contributed by atoms with Gasteiger partial charge in [-0.2, -0.15) is 5.10 Å². The first-order valence-electron chi connectivity index (χ1n) is 18.0. The van der Waals surface area contributed by atoms with Gasteiger partial charge in [0.2, 0.25) is 0 Å². The largest absolute Gasteiger partial charge is 0.435 e. The van der Waals surface area contributed by atoms with E-state index < -0.39 is 12.2 Å². The number of para-hydroxylation sites is 1. The summed E-state index contributed by atoms with van der Waals surface area (Å²) in [5.74, 6) is -0.483. The average molecular weight is 671 g/mol. The van der Waals surface area contributed by atoms with Gasteiger partial charge in [0.1, 0.15) is 0 Å². The van der Waals surface area contributed by atoms with Crippen LogP contribution in [0.5, 0.6) is 0 Å². The molecule has 1 aromatic heterocycles. The maximum Gasteiger partial charge on any atom is 0.410 e. The highest BCUT2D eigenvalue weighted by Crippen LogP contribution is 2.31. The van der Waals surface area contributed by atoms with E-state index in [-0.39, 0.29) is 23.9 Å². The standard InChI is InChI=1S/C37H50N8O4/c1-25-22-28(23-29-24-38-40-33(25)29)26(2)34(35(46)43-13-9-30(10-14-43)42-20-18-41(3)19-21-42)49-37(48)44-15-11-31(12-16-44)45-17-8-27-6-4-5-7-32(27)39-36(45)47/h4-7,22-24,26,30-31,34H,8-21H2,1-3H3,(H,38,40)(H,39,47)/t26-,34?/m1/s1. The smallest absolute Gasteiger partial charge is 0.410 e. The first kappa shape index (κ1) is 33.3. The lowest BCUT2D eigenvalue weighted by Gasteiger charge is -2.43. The van der Waals surface area contributed by atoms with Crippen LogP contribution in [-0.2, 0) is 16.0 Å². The van der Waals surface area contributed by atoms with Crippen molar-refractivity contribution in [1.29, 1.82) is 0 Å². The van der Waals surface area contributed by atoms with E-state index >= 15 is 0 Å². The van der Waals surface area contributed by atoms with E-state index in [1.165, 1.54) is 0 Å². The molecular weight excluding hydrogens is 620 g/mol. The third-order valence-corrected chi connectivity index (χ3v) is 11.4. The number of aromatic nitrogens is 2. The number of piperazine rings is 1. The van der Waals surface area contributed by atoms with Crippen molar-refractivity contribution in [2.45, 2.75) is 70.1 Å². The van der Waals surface area contributed by atoms with Crippen molar-refractivity contribution < 1.29 is 19.1 Å². The first-order valence-corrected chi connectivity index (χ1v) is 18.0. The number of ether oxygens (including phenoxy) is 1. The molecule has 0 spiro atoms. The number of H-pyrrole nitrogens is 1. The zero-order valence-corrected chi connectivity index (χ0v) is 29.1. The van der Waals surface area contributed by atoms with Crippen molar-refractivity contribution in [3.05, 3.63) is 59.3 Å². The Balaban J connectivity index is 1.02. The van der Waals surface area contributed by atoms with Crippen molar-refractivity contribution in [2.24, 2.45) is 0 Å². The van der Waals surface area contributed by atoms with Crippen molar-refractivity contribution in [3.8, 4) is 0 Å². The molecule has 0 radical (unpaired) electrons. The van der Waals surface area contributed by atoms with Crippen molar-refractivity contribution in [2.75, 3.05) is 71.3 Å². The Morgan fingerprint density at radius 1 is 0.898 bits per heavy atom. The van der Waals surface area contributed by atoms with E-state index in [2.05, 4.69) is 44.5 Å². The summed E-state index contributed by atoms with van der Waals surface area (Å²) in [4.78, 5) is 51.7. The van der Waals surface area contributed by atoms with E-state index in [4.69, 9.17) is 4.74 Å².